The summed E-state index contributed by atoms with van der Waals surface area (Å²) in [5.41, 5.74) is 3.09. The van der Waals surface area contributed by atoms with Crippen molar-refractivity contribution >= 4 is 23.4 Å². The van der Waals surface area contributed by atoms with Crippen molar-refractivity contribution in [3.8, 4) is 17.1 Å². The van der Waals surface area contributed by atoms with Crippen molar-refractivity contribution in [2.75, 3.05) is 24.3 Å². The number of hydrogen-bond acceptors (Lipinski definition) is 5. The molecule has 0 spiro atoms. The highest BCUT2D eigenvalue weighted by Gasteiger charge is 2.25. The largest absolute Gasteiger partial charge is 0.496 e. The van der Waals surface area contributed by atoms with Crippen LogP contribution in [-0.4, -0.2) is 40.1 Å². The van der Waals surface area contributed by atoms with Crippen LogP contribution >= 0.6 is 11.8 Å². The molecule has 1 aliphatic heterocycles. The Kier molecular flexibility index (Phi) is 5.67. The highest BCUT2D eigenvalue weighted by atomic mass is 32.2. The molecule has 0 atom stereocenters. The number of para-hydroxylation sites is 2. The fraction of sp³-hybridized carbons (Fsp3) is 0.227. The predicted molar refractivity (Wildman–Crippen MR) is 115 cm³/mol. The minimum absolute atomic E-state index is 0.0759. The standard InChI is InChI=1S/C22H22N4O2S/c1-3-13-26-21(17-9-5-7-11-19(17)28-2)23-24-22(26)29-15-20(27)25-14-12-16-8-4-6-10-18(16)25/h3-11H,1,12-15H2,2H3. The summed E-state index contributed by atoms with van der Waals surface area (Å²) in [5, 5.41) is 9.38. The van der Waals surface area contributed by atoms with Crippen LogP contribution in [0.3, 0.4) is 0 Å². The number of carbonyl (C=O) groups is 1. The normalized spacial score (nSPS) is 12.7. The molecule has 148 valence electrons. The number of hydrogen-bond donors (Lipinski definition) is 0. The van der Waals surface area contributed by atoms with Gasteiger partial charge in [0.1, 0.15) is 5.75 Å². The molecule has 2 aromatic carbocycles. The molecule has 6 nitrogen and oxygen atoms in total. The molecule has 3 aromatic rings. The van der Waals surface area contributed by atoms with E-state index < -0.39 is 0 Å². The monoisotopic (exact) mass is 406 g/mol. The van der Waals surface area contributed by atoms with E-state index in [1.165, 1.54) is 17.3 Å². The number of carbonyl (C=O) groups excluding carboxylic acids is 1. The van der Waals surface area contributed by atoms with Gasteiger partial charge >= 0.3 is 0 Å². The molecule has 0 unspecified atom stereocenters. The van der Waals surface area contributed by atoms with Crippen LogP contribution in [0.15, 0.2) is 66.3 Å². The second-order valence-electron chi connectivity index (χ2n) is 6.62. The van der Waals surface area contributed by atoms with Gasteiger partial charge in [0.15, 0.2) is 11.0 Å². The molecule has 0 aliphatic carbocycles. The van der Waals surface area contributed by atoms with Crippen LogP contribution < -0.4 is 9.64 Å². The first-order chi connectivity index (χ1) is 14.2. The molecule has 0 saturated carbocycles. The lowest BCUT2D eigenvalue weighted by atomic mass is 10.2. The van der Waals surface area contributed by atoms with Crippen molar-refractivity contribution < 1.29 is 9.53 Å². The Morgan fingerprint density at radius 1 is 1.21 bits per heavy atom. The number of benzene rings is 2. The minimum Gasteiger partial charge on any atom is -0.496 e. The van der Waals surface area contributed by atoms with E-state index in [2.05, 4.69) is 22.8 Å². The smallest absolute Gasteiger partial charge is 0.237 e. The molecule has 1 aliphatic rings. The van der Waals surface area contributed by atoms with Gasteiger partial charge in [-0.3, -0.25) is 9.36 Å². The molecule has 2 heterocycles. The van der Waals surface area contributed by atoms with Crippen molar-refractivity contribution in [1.82, 2.24) is 14.8 Å². The molecule has 1 aromatic heterocycles. The maximum absolute atomic E-state index is 12.8. The van der Waals surface area contributed by atoms with Gasteiger partial charge in [0, 0.05) is 18.8 Å². The van der Waals surface area contributed by atoms with Gasteiger partial charge in [-0.15, -0.1) is 16.8 Å². The van der Waals surface area contributed by atoms with Crippen LogP contribution in [0.5, 0.6) is 5.75 Å². The third-order valence-corrected chi connectivity index (χ3v) is 5.84. The summed E-state index contributed by atoms with van der Waals surface area (Å²) in [7, 11) is 1.63. The summed E-state index contributed by atoms with van der Waals surface area (Å²) in [6.07, 6.45) is 2.70. The van der Waals surface area contributed by atoms with Gasteiger partial charge in [-0.1, -0.05) is 48.2 Å². The van der Waals surface area contributed by atoms with E-state index in [4.69, 9.17) is 4.74 Å². The number of fused-ring (bicyclic) bond motifs is 1. The van der Waals surface area contributed by atoms with Crippen molar-refractivity contribution in [3.05, 3.63) is 66.7 Å². The molecule has 7 heteroatoms. The van der Waals surface area contributed by atoms with E-state index in [0.717, 1.165) is 30.0 Å². The van der Waals surface area contributed by atoms with Crippen molar-refractivity contribution in [1.29, 1.82) is 0 Å². The van der Waals surface area contributed by atoms with Crippen LogP contribution in [0.2, 0.25) is 0 Å². The van der Waals surface area contributed by atoms with Gasteiger partial charge in [0.2, 0.25) is 5.91 Å². The van der Waals surface area contributed by atoms with Gasteiger partial charge in [0.05, 0.1) is 18.4 Å². The maximum atomic E-state index is 12.8. The average Bonchev–Trinajstić information content (AvgIpc) is 3.36. The number of amides is 1. The molecule has 0 bridgehead atoms. The van der Waals surface area contributed by atoms with E-state index >= 15 is 0 Å². The summed E-state index contributed by atoms with van der Waals surface area (Å²) in [6.45, 7) is 5.12. The zero-order chi connectivity index (χ0) is 20.2. The number of methoxy groups -OCH3 is 1. The Labute approximate surface area is 174 Å². The molecule has 4 rings (SSSR count). The summed E-state index contributed by atoms with van der Waals surface area (Å²) >= 11 is 1.40. The van der Waals surface area contributed by atoms with Gasteiger partial charge in [0.25, 0.3) is 0 Å². The first kappa shape index (κ1) is 19.3. The van der Waals surface area contributed by atoms with Crippen LogP contribution in [-0.2, 0) is 17.8 Å². The zero-order valence-corrected chi connectivity index (χ0v) is 17.1. The van der Waals surface area contributed by atoms with Gasteiger partial charge in [-0.2, -0.15) is 0 Å². The highest BCUT2D eigenvalue weighted by molar-refractivity contribution is 7.99. The third kappa shape index (κ3) is 3.78. The number of anilines is 1. The van der Waals surface area contributed by atoms with Gasteiger partial charge < -0.3 is 9.64 Å². The summed E-state index contributed by atoms with van der Waals surface area (Å²) < 4.78 is 7.43. The van der Waals surface area contributed by atoms with Crippen LogP contribution in [0.4, 0.5) is 5.69 Å². The summed E-state index contributed by atoms with van der Waals surface area (Å²) in [5.74, 6) is 1.80. The second kappa shape index (κ2) is 8.53. The molecule has 1 amide bonds. The average molecular weight is 407 g/mol. The Balaban J connectivity index is 1.54. The molecular formula is C22H22N4O2S. The lowest BCUT2D eigenvalue weighted by Gasteiger charge is -2.17. The van der Waals surface area contributed by atoms with Crippen molar-refractivity contribution in [2.45, 2.75) is 18.1 Å². The molecule has 0 saturated heterocycles. The predicted octanol–water partition coefficient (Wildman–Crippen LogP) is 3.82. The first-order valence-electron chi connectivity index (χ1n) is 9.41. The number of aromatic nitrogens is 3. The Morgan fingerprint density at radius 3 is 2.83 bits per heavy atom. The number of allylic oxidation sites excluding steroid dienone is 1. The SMILES string of the molecule is C=CCn1c(SCC(=O)N2CCc3ccccc32)nnc1-c1ccccc1OC. The van der Waals surface area contributed by atoms with E-state index in [0.29, 0.717) is 23.3 Å². The fourth-order valence-corrected chi connectivity index (χ4v) is 4.34. The third-order valence-electron chi connectivity index (χ3n) is 4.89. The summed E-state index contributed by atoms with van der Waals surface area (Å²) in [6, 6.07) is 15.8. The summed E-state index contributed by atoms with van der Waals surface area (Å²) in [4.78, 5) is 14.7. The van der Waals surface area contributed by atoms with Crippen molar-refractivity contribution in [2.24, 2.45) is 0 Å². The number of thioether (sulfide) groups is 1. The van der Waals surface area contributed by atoms with Gasteiger partial charge in [-0.05, 0) is 30.2 Å². The Hall–Kier alpha value is -3.06. The molecule has 0 fully saturated rings. The van der Waals surface area contributed by atoms with E-state index in [9.17, 15) is 4.79 Å². The van der Waals surface area contributed by atoms with E-state index in [-0.39, 0.29) is 5.91 Å². The van der Waals surface area contributed by atoms with E-state index in [1.807, 2.05) is 51.9 Å². The quantitative estimate of drug-likeness (QED) is 0.441. The number of nitrogens with zero attached hydrogens (tertiary/aromatic N) is 4. The lowest BCUT2D eigenvalue weighted by molar-refractivity contribution is -0.116. The molecular weight excluding hydrogens is 384 g/mol. The van der Waals surface area contributed by atoms with Gasteiger partial charge in [-0.25, -0.2) is 0 Å². The van der Waals surface area contributed by atoms with E-state index in [1.54, 1.807) is 13.2 Å². The first-order valence-corrected chi connectivity index (χ1v) is 10.4. The Bertz CT molecular complexity index is 1050. The topological polar surface area (TPSA) is 60.2 Å². The highest BCUT2D eigenvalue weighted by Crippen LogP contribution is 2.32. The van der Waals surface area contributed by atoms with Crippen molar-refractivity contribution in [3.63, 3.8) is 0 Å². The minimum atomic E-state index is 0.0759. The molecule has 0 radical (unpaired) electrons. The van der Waals surface area contributed by atoms with Crippen LogP contribution in [0.1, 0.15) is 5.56 Å². The zero-order valence-electron chi connectivity index (χ0n) is 16.2. The lowest BCUT2D eigenvalue weighted by Crippen LogP contribution is -2.30. The molecule has 0 N–H and O–H groups in total. The maximum Gasteiger partial charge on any atom is 0.237 e. The number of rotatable bonds is 7. The number of ether oxygens (including phenoxy) is 1. The Morgan fingerprint density at radius 2 is 2.00 bits per heavy atom. The van der Waals surface area contributed by atoms with Crippen LogP contribution in [0, 0.1) is 0 Å². The fourth-order valence-electron chi connectivity index (χ4n) is 3.52. The second-order valence-corrected chi connectivity index (χ2v) is 7.56. The van der Waals surface area contributed by atoms with Crippen LogP contribution in [0.25, 0.3) is 11.4 Å². The molecule has 29 heavy (non-hydrogen) atoms.